The molecule has 6 heteroatoms. The summed E-state index contributed by atoms with van der Waals surface area (Å²) in [6, 6.07) is 0. The van der Waals surface area contributed by atoms with Gasteiger partial charge in [0.2, 0.25) is 0 Å². The minimum Gasteiger partial charge on any atom is -0.393 e. The molecule has 1 fully saturated rings. The van der Waals surface area contributed by atoms with Crippen molar-refractivity contribution in [3.63, 3.8) is 0 Å². The molecule has 0 aliphatic heterocycles. The van der Waals surface area contributed by atoms with E-state index >= 15 is 0 Å². The predicted molar refractivity (Wildman–Crippen MR) is 70.3 cm³/mol. The molecule has 0 amide bonds. The molecule has 1 aliphatic carbocycles. The van der Waals surface area contributed by atoms with Crippen LogP contribution in [0.5, 0.6) is 0 Å². The fraction of sp³-hybridized carbons (Fsp3) is 0.700. The first kappa shape index (κ1) is 12.0. The third-order valence-corrected chi connectivity index (χ3v) is 4.87. The van der Waals surface area contributed by atoms with E-state index in [1.807, 2.05) is 6.26 Å². The number of hydrogen-bond acceptors (Lipinski definition) is 6. The number of aromatic nitrogens is 1. The van der Waals surface area contributed by atoms with E-state index in [1.165, 1.54) is 11.5 Å². The third kappa shape index (κ3) is 2.28. The first-order valence-corrected chi connectivity index (χ1v) is 7.30. The molecule has 1 aromatic heterocycles. The summed E-state index contributed by atoms with van der Waals surface area (Å²) in [6.07, 6.45) is 3.79. The van der Waals surface area contributed by atoms with Gasteiger partial charge in [-0.25, -0.2) is 0 Å². The van der Waals surface area contributed by atoms with Crippen molar-refractivity contribution in [3.8, 4) is 0 Å². The summed E-state index contributed by atoms with van der Waals surface area (Å²) in [6.45, 7) is 0.978. The van der Waals surface area contributed by atoms with E-state index in [0.29, 0.717) is 11.7 Å². The average molecular weight is 259 g/mol. The molecule has 0 aromatic carbocycles. The van der Waals surface area contributed by atoms with Crippen LogP contribution in [0.2, 0.25) is 0 Å². The summed E-state index contributed by atoms with van der Waals surface area (Å²) in [4.78, 5) is 3.28. The van der Waals surface area contributed by atoms with Crippen molar-refractivity contribution in [1.29, 1.82) is 0 Å². The first-order valence-electron chi connectivity index (χ1n) is 5.30. The molecule has 1 aromatic rings. The van der Waals surface area contributed by atoms with Gasteiger partial charge in [0, 0.05) is 13.6 Å². The number of hydrogen-bond donors (Lipinski definition) is 2. The van der Waals surface area contributed by atoms with E-state index in [4.69, 9.17) is 5.73 Å². The lowest BCUT2D eigenvalue weighted by molar-refractivity contribution is 0.0465. The highest BCUT2D eigenvalue weighted by atomic mass is 32.2. The molecule has 0 atom stereocenters. The van der Waals surface area contributed by atoms with Crippen LogP contribution >= 0.6 is 23.3 Å². The highest BCUT2D eigenvalue weighted by molar-refractivity contribution is 7.99. The summed E-state index contributed by atoms with van der Waals surface area (Å²) in [5.41, 5.74) is 5.80. The van der Waals surface area contributed by atoms with Gasteiger partial charge in [-0.3, -0.25) is 0 Å². The van der Waals surface area contributed by atoms with Gasteiger partial charge in [-0.1, -0.05) is 0 Å². The van der Waals surface area contributed by atoms with Gasteiger partial charge in [0.15, 0.2) is 5.82 Å². The molecule has 0 bridgehead atoms. The monoisotopic (exact) mass is 259 g/mol. The number of nitrogen functional groups attached to an aromatic ring is 1. The average Bonchev–Trinajstić information content (AvgIpc) is 2.57. The maximum absolute atomic E-state index is 9.25. The number of aliphatic hydroxyl groups excluding tert-OH is 1. The molecule has 1 saturated carbocycles. The van der Waals surface area contributed by atoms with Gasteiger partial charge in [-0.05, 0) is 36.5 Å². The molecule has 0 spiro atoms. The molecule has 0 saturated heterocycles. The van der Waals surface area contributed by atoms with E-state index < -0.39 is 0 Å². The van der Waals surface area contributed by atoms with E-state index in [0.717, 1.165) is 29.3 Å². The fourth-order valence-electron chi connectivity index (χ4n) is 2.04. The molecule has 4 nitrogen and oxygen atoms in total. The Labute approximate surface area is 104 Å². The summed E-state index contributed by atoms with van der Waals surface area (Å²) in [5.74, 6) is 1.24. The Hall–Kier alpha value is -0.460. The second-order valence-electron chi connectivity index (χ2n) is 4.28. The topological polar surface area (TPSA) is 62.4 Å². The maximum atomic E-state index is 9.25. The minimum absolute atomic E-state index is 0.0787. The van der Waals surface area contributed by atoms with Gasteiger partial charge in [0.25, 0.3) is 0 Å². The molecule has 3 N–H and O–H groups in total. The van der Waals surface area contributed by atoms with Crippen molar-refractivity contribution in [2.45, 2.75) is 23.8 Å². The summed E-state index contributed by atoms with van der Waals surface area (Å²) >= 11 is 3.10. The lowest BCUT2D eigenvalue weighted by Crippen LogP contribution is -2.37. The molecule has 0 unspecified atom stereocenters. The zero-order valence-electron chi connectivity index (χ0n) is 9.51. The molecular weight excluding hydrogens is 242 g/mol. The molecule has 1 aliphatic rings. The second kappa shape index (κ2) is 4.81. The van der Waals surface area contributed by atoms with Gasteiger partial charge in [0.1, 0.15) is 5.00 Å². The minimum atomic E-state index is -0.0787. The molecule has 0 radical (unpaired) electrons. The van der Waals surface area contributed by atoms with Crippen LogP contribution in [0.1, 0.15) is 12.8 Å². The first-order chi connectivity index (χ1) is 7.61. The zero-order valence-corrected chi connectivity index (χ0v) is 11.1. The Kier molecular flexibility index (Phi) is 3.61. The van der Waals surface area contributed by atoms with Gasteiger partial charge >= 0.3 is 0 Å². The van der Waals surface area contributed by atoms with Crippen molar-refractivity contribution in [2.75, 3.05) is 30.5 Å². The summed E-state index contributed by atoms with van der Waals surface area (Å²) in [7, 11) is 2.07. The Balaban J connectivity index is 2.00. The van der Waals surface area contributed by atoms with Crippen LogP contribution < -0.4 is 10.6 Å². The Morgan fingerprint density at radius 1 is 1.62 bits per heavy atom. The van der Waals surface area contributed by atoms with Gasteiger partial charge in [-0.15, -0.1) is 11.8 Å². The largest absolute Gasteiger partial charge is 0.393 e. The lowest BCUT2D eigenvalue weighted by atomic mass is 9.82. The Bertz CT molecular complexity index is 363. The number of aliphatic hydroxyl groups is 1. The SMILES string of the molecule is CSc1c(N)nsc1N(C)CC1CC(O)C1. The van der Waals surface area contributed by atoms with Crippen LogP contribution in [0.25, 0.3) is 0 Å². The van der Waals surface area contributed by atoms with Crippen LogP contribution in [-0.2, 0) is 0 Å². The van der Waals surface area contributed by atoms with Gasteiger partial charge in [0.05, 0.1) is 11.0 Å². The Morgan fingerprint density at radius 2 is 2.31 bits per heavy atom. The van der Waals surface area contributed by atoms with E-state index in [1.54, 1.807) is 11.8 Å². The standard InChI is InChI=1S/C10H17N3OS2/c1-13(5-6-3-7(14)4-6)10-8(15-2)9(11)12-16-10/h6-7,14H,3-5H2,1-2H3,(H2,11,12). The number of rotatable bonds is 4. The van der Waals surface area contributed by atoms with E-state index in [9.17, 15) is 5.11 Å². The number of anilines is 2. The van der Waals surface area contributed by atoms with Gasteiger partial charge in [-0.2, -0.15) is 4.37 Å². The molecule has 90 valence electrons. The van der Waals surface area contributed by atoms with Crippen molar-refractivity contribution < 1.29 is 5.11 Å². The van der Waals surface area contributed by atoms with Crippen LogP contribution in [0, 0.1) is 5.92 Å². The third-order valence-electron chi connectivity index (χ3n) is 2.95. The normalized spacial score (nSPS) is 24.2. The smallest absolute Gasteiger partial charge is 0.153 e. The van der Waals surface area contributed by atoms with Crippen LogP contribution in [-0.4, -0.2) is 35.4 Å². The van der Waals surface area contributed by atoms with Crippen LogP contribution in [0.15, 0.2) is 4.90 Å². The molecule has 16 heavy (non-hydrogen) atoms. The molecule has 1 heterocycles. The zero-order chi connectivity index (χ0) is 11.7. The highest BCUT2D eigenvalue weighted by Gasteiger charge is 2.29. The molecular formula is C10H17N3OS2. The van der Waals surface area contributed by atoms with Crippen molar-refractivity contribution in [1.82, 2.24) is 4.37 Å². The van der Waals surface area contributed by atoms with E-state index in [2.05, 4.69) is 16.3 Å². The van der Waals surface area contributed by atoms with Crippen molar-refractivity contribution in [2.24, 2.45) is 5.92 Å². The number of nitrogens with two attached hydrogens (primary N) is 1. The summed E-state index contributed by atoms with van der Waals surface area (Å²) in [5, 5.41) is 10.4. The van der Waals surface area contributed by atoms with Gasteiger partial charge < -0.3 is 15.7 Å². The van der Waals surface area contributed by atoms with Crippen molar-refractivity contribution >= 4 is 34.1 Å². The fourth-order valence-corrected chi connectivity index (χ4v) is 3.72. The van der Waals surface area contributed by atoms with Crippen LogP contribution in [0.3, 0.4) is 0 Å². The number of nitrogens with zero attached hydrogens (tertiary/aromatic N) is 2. The van der Waals surface area contributed by atoms with Crippen LogP contribution in [0.4, 0.5) is 10.8 Å². The van der Waals surface area contributed by atoms with E-state index in [-0.39, 0.29) is 6.10 Å². The lowest BCUT2D eigenvalue weighted by Gasteiger charge is -2.34. The Morgan fingerprint density at radius 3 is 2.88 bits per heavy atom. The summed E-state index contributed by atoms with van der Waals surface area (Å²) < 4.78 is 4.18. The maximum Gasteiger partial charge on any atom is 0.153 e. The predicted octanol–water partition coefficient (Wildman–Crippen LogP) is 1.65. The van der Waals surface area contributed by atoms with Crippen molar-refractivity contribution in [3.05, 3.63) is 0 Å². The molecule has 2 rings (SSSR count). The number of thioether (sulfide) groups is 1. The highest BCUT2D eigenvalue weighted by Crippen LogP contribution is 2.38. The second-order valence-corrected chi connectivity index (χ2v) is 5.85. The quantitative estimate of drug-likeness (QED) is 0.805.